The lowest BCUT2D eigenvalue weighted by molar-refractivity contribution is 0.816. The fraction of sp³-hybridized carbons (Fsp3) is 0.538. The number of rotatable bonds is 3. The average molecular weight is 204 g/mol. The van der Waals surface area contributed by atoms with E-state index in [2.05, 4.69) is 35.3 Å². The molecule has 1 aliphatic rings. The highest BCUT2D eigenvalue weighted by molar-refractivity contribution is 5.55. The van der Waals surface area contributed by atoms with Crippen LogP contribution in [0.3, 0.4) is 0 Å². The molecule has 2 nitrogen and oxygen atoms in total. The Morgan fingerprint density at radius 1 is 1.27 bits per heavy atom. The predicted octanol–water partition coefficient (Wildman–Crippen LogP) is 2.31. The summed E-state index contributed by atoms with van der Waals surface area (Å²) in [6, 6.07) is 6.80. The van der Waals surface area contributed by atoms with Crippen molar-refractivity contribution in [1.82, 2.24) is 5.32 Å². The van der Waals surface area contributed by atoms with Crippen LogP contribution in [0, 0.1) is 6.92 Å². The van der Waals surface area contributed by atoms with Crippen molar-refractivity contribution < 1.29 is 0 Å². The molecule has 2 heteroatoms. The summed E-state index contributed by atoms with van der Waals surface area (Å²) >= 11 is 0. The van der Waals surface area contributed by atoms with Crippen molar-refractivity contribution in [2.75, 3.05) is 25.0 Å². The van der Waals surface area contributed by atoms with Crippen LogP contribution >= 0.6 is 0 Å². The quantitative estimate of drug-likeness (QED) is 0.813. The molecular formula is C13H20N2. The van der Waals surface area contributed by atoms with Gasteiger partial charge in [-0.25, -0.2) is 0 Å². The van der Waals surface area contributed by atoms with Crippen LogP contribution in [0.25, 0.3) is 0 Å². The van der Waals surface area contributed by atoms with Crippen molar-refractivity contribution in [2.45, 2.75) is 26.3 Å². The highest BCUT2D eigenvalue weighted by Crippen LogP contribution is 2.24. The number of aryl methyl sites for hydroxylation is 1. The van der Waals surface area contributed by atoms with E-state index in [-0.39, 0.29) is 0 Å². The van der Waals surface area contributed by atoms with Gasteiger partial charge >= 0.3 is 0 Å². The third-order valence-electron chi connectivity index (χ3n) is 3.09. The first-order chi connectivity index (χ1) is 7.31. The summed E-state index contributed by atoms with van der Waals surface area (Å²) in [4.78, 5) is 2.50. The molecule has 2 rings (SSSR count). The Morgan fingerprint density at radius 2 is 2.00 bits per heavy atom. The number of hydrogen-bond donors (Lipinski definition) is 1. The predicted molar refractivity (Wildman–Crippen MR) is 65.4 cm³/mol. The first-order valence-corrected chi connectivity index (χ1v) is 5.80. The van der Waals surface area contributed by atoms with Gasteiger partial charge in [-0.3, -0.25) is 0 Å². The van der Waals surface area contributed by atoms with Crippen molar-refractivity contribution in [3.8, 4) is 0 Å². The monoisotopic (exact) mass is 204 g/mol. The zero-order valence-electron chi connectivity index (χ0n) is 9.71. The number of nitrogens with zero attached hydrogens (tertiary/aromatic N) is 1. The molecule has 0 aliphatic carbocycles. The van der Waals surface area contributed by atoms with Gasteiger partial charge in [0.1, 0.15) is 0 Å². The van der Waals surface area contributed by atoms with Crippen molar-refractivity contribution in [3.05, 3.63) is 29.3 Å². The van der Waals surface area contributed by atoms with Gasteiger partial charge in [0.2, 0.25) is 0 Å². The van der Waals surface area contributed by atoms with Crippen LogP contribution in [0.15, 0.2) is 18.2 Å². The van der Waals surface area contributed by atoms with Crippen LogP contribution in [-0.2, 0) is 6.54 Å². The van der Waals surface area contributed by atoms with E-state index in [9.17, 15) is 0 Å². The Bertz CT molecular complexity index is 327. The molecule has 1 aromatic rings. The van der Waals surface area contributed by atoms with Crippen LogP contribution in [0.4, 0.5) is 5.69 Å². The number of nitrogens with one attached hydrogen (secondary N) is 1. The normalized spacial score (nSPS) is 16.0. The van der Waals surface area contributed by atoms with E-state index in [1.54, 1.807) is 0 Å². The van der Waals surface area contributed by atoms with Gasteiger partial charge in [-0.2, -0.15) is 0 Å². The summed E-state index contributed by atoms with van der Waals surface area (Å²) < 4.78 is 0. The molecule has 82 valence electrons. The highest BCUT2D eigenvalue weighted by atomic mass is 15.1. The summed E-state index contributed by atoms with van der Waals surface area (Å²) in [5, 5.41) is 3.19. The zero-order valence-corrected chi connectivity index (χ0v) is 9.71. The lowest BCUT2D eigenvalue weighted by atomic mass is 10.1. The minimum Gasteiger partial charge on any atom is -0.371 e. The van der Waals surface area contributed by atoms with E-state index in [1.165, 1.54) is 42.7 Å². The van der Waals surface area contributed by atoms with Gasteiger partial charge in [0.15, 0.2) is 0 Å². The fourth-order valence-corrected chi connectivity index (χ4v) is 2.34. The Morgan fingerprint density at radius 3 is 2.60 bits per heavy atom. The fourth-order valence-electron chi connectivity index (χ4n) is 2.34. The second-order valence-corrected chi connectivity index (χ2v) is 4.35. The van der Waals surface area contributed by atoms with Gasteiger partial charge in [0.05, 0.1) is 0 Å². The summed E-state index contributed by atoms with van der Waals surface area (Å²) in [6.07, 6.45) is 2.69. The average Bonchev–Trinajstić information content (AvgIpc) is 2.71. The first kappa shape index (κ1) is 10.5. The molecule has 0 spiro atoms. The number of anilines is 1. The van der Waals surface area contributed by atoms with Crippen LogP contribution < -0.4 is 10.2 Å². The van der Waals surface area contributed by atoms with E-state index in [1.807, 2.05) is 7.05 Å². The lowest BCUT2D eigenvalue weighted by Gasteiger charge is -2.20. The van der Waals surface area contributed by atoms with Gasteiger partial charge in [0.25, 0.3) is 0 Å². The second kappa shape index (κ2) is 4.67. The largest absolute Gasteiger partial charge is 0.371 e. The molecular weight excluding hydrogens is 184 g/mol. The minimum absolute atomic E-state index is 0.959. The Labute approximate surface area is 92.3 Å². The topological polar surface area (TPSA) is 15.3 Å². The van der Waals surface area contributed by atoms with Crippen molar-refractivity contribution in [2.24, 2.45) is 0 Å². The van der Waals surface area contributed by atoms with Crippen molar-refractivity contribution >= 4 is 5.69 Å². The van der Waals surface area contributed by atoms with E-state index in [0.29, 0.717) is 0 Å². The summed E-state index contributed by atoms with van der Waals surface area (Å²) in [5.41, 5.74) is 4.20. The molecule has 1 N–H and O–H groups in total. The maximum Gasteiger partial charge on any atom is 0.0396 e. The smallest absolute Gasteiger partial charge is 0.0396 e. The molecule has 0 radical (unpaired) electrons. The van der Waals surface area contributed by atoms with Crippen molar-refractivity contribution in [1.29, 1.82) is 0 Å². The van der Waals surface area contributed by atoms with Crippen LogP contribution in [0.2, 0.25) is 0 Å². The molecule has 1 fully saturated rings. The van der Waals surface area contributed by atoms with Gasteiger partial charge in [-0.15, -0.1) is 0 Å². The third-order valence-corrected chi connectivity index (χ3v) is 3.09. The lowest BCUT2D eigenvalue weighted by Crippen LogP contribution is -2.18. The maximum atomic E-state index is 3.19. The third kappa shape index (κ3) is 2.32. The molecule has 0 aromatic heterocycles. The second-order valence-electron chi connectivity index (χ2n) is 4.35. The zero-order chi connectivity index (χ0) is 10.7. The van der Waals surface area contributed by atoms with Gasteiger partial charge in [-0.1, -0.05) is 12.1 Å². The first-order valence-electron chi connectivity index (χ1n) is 5.80. The molecule has 1 aliphatic heterocycles. The van der Waals surface area contributed by atoms with Crippen molar-refractivity contribution in [3.63, 3.8) is 0 Å². The molecule has 0 atom stereocenters. The standard InChI is InChI=1S/C13H20N2/c1-11-9-12(10-14-2)5-6-13(11)15-7-3-4-8-15/h5-6,9,14H,3-4,7-8,10H2,1-2H3. The molecule has 15 heavy (non-hydrogen) atoms. The SMILES string of the molecule is CNCc1ccc(N2CCCC2)c(C)c1. The molecule has 1 aromatic carbocycles. The summed E-state index contributed by atoms with van der Waals surface area (Å²) in [7, 11) is 1.99. The minimum atomic E-state index is 0.959. The van der Waals surface area contributed by atoms with Gasteiger partial charge in [0, 0.05) is 25.3 Å². The molecule has 1 saturated heterocycles. The molecule has 0 unspecified atom stereocenters. The van der Waals surface area contributed by atoms with Gasteiger partial charge in [-0.05, 0) is 44.0 Å². The van der Waals surface area contributed by atoms with Crippen LogP contribution in [-0.4, -0.2) is 20.1 Å². The van der Waals surface area contributed by atoms with Crippen LogP contribution in [0.1, 0.15) is 24.0 Å². The molecule has 0 amide bonds. The summed E-state index contributed by atoms with van der Waals surface area (Å²) in [5.74, 6) is 0. The van der Waals surface area contributed by atoms with Gasteiger partial charge < -0.3 is 10.2 Å². The Hall–Kier alpha value is -1.02. The Kier molecular flexibility index (Phi) is 3.27. The maximum absolute atomic E-state index is 3.19. The molecule has 0 bridgehead atoms. The molecule has 0 saturated carbocycles. The number of benzene rings is 1. The number of hydrogen-bond acceptors (Lipinski definition) is 2. The van der Waals surface area contributed by atoms with E-state index < -0.39 is 0 Å². The Balaban J connectivity index is 2.18. The van der Waals surface area contributed by atoms with E-state index in [4.69, 9.17) is 0 Å². The highest BCUT2D eigenvalue weighted by Gasteiger charge is 2.13. The molecule has 1 heterocycles. The van der Waals surface area contributed by atoms with Crippen LogP contribution in [0.5, 0.6) is 0 Å². The summed E-state index contributed by atoms with van der Waals surface area (Å²) in [6.45, 7) is 5.63. The van der Waals surface area contributed by atoms with E-state index in [0.717, 1.165) is 6.54 Å². The van der Waals surface area contributed by atoms with E-state index >= 15 is 0 Å².